The van der Waals surface area contributed by atoms with Crippen LogP contribution in [-0.2, 0) is 9.84 Å². The average Bonchev–Trinajstić information content (AvgIpc) is 2.74. The van der Waals surface area contributed by atoms with E-state index in [4.69, 9.17) is 5.73 Å². The Morgan fingerprint density at radius 2 is 2.41 bits per heavy atom. The Hall–Kier alpha value is -0.430. The second kappa shape index (κ2) is 5.06. The maximum absolute atomic E-state index is 11.5. The first-order valence-corrected chi connectivity index (χ1v) is 8.48. The average molecular weight is 274 g/mol. The molecule has 17 heavy (non-hydrogen) atoms. The van der Waals surface area contributed by atoms with Crippen molar-refractivity contribution in [3.8, 4) is 0 Å². The molecule has 0 bridgehead atoms. The van der Waals surface area contributed by atoms with Crippen molar-refractivity contribution in [2.45, 2.75) is 19.0 Å². The van der Waals surface area contributed by atoms with Crippen molar-refractivity contribution in [2.24, 2.45) is 5.73 Å². The summed E-state index contributed by atoms with van der Waals surface area (Å²) in [6.07, 6.45) is 0. The van der Waals surface area contributed by atoms with E-state index in [1.807, 2.05) is 12.3 Å². The Balaban J connectivity index is 2.16. The Morgan fingerprint density at radius 3 is 2.94 bits per heavy atom. The van der Waals surface area contributed by atoms with Gasteiger partial charge in [-0.25, -0.2) is 8.42 Å². The molecule has 0 amide bonds. The van der Waals surface area contributed by atoms with Crippen molar-refractivity contribution in [1.82, 2.24) is 4.90 Å². The van der Waals surface area contributed by atoms with Crippen LogP contribution in [0.15, 0.2) is 16.8 Å². The number of thiophene rings is 1. The highest BCUT2D eigenvalue weighted by Gasteiger charge is 2.32. The molecular formula is C11H18N2O2S2. The Morgan fingerprint density at radius 1 is 1.65 bits per heavy atom. The summed E-state index contributed by atoms with van der Waals surface area (Å²) in [6.45, 7) is 3.08. The lowest BCUT2D eigenvalue weighted by Gasteiger charge is -2.38. The maximum Gasteiger partial charge on any atom is 0.153 e. The molecule has 0 aromatic carbocycles. The van der Waals surface area contributed by atoms with Gasteiger partial charge in [0.15, 0.2) is 9.84 Å². The molecule has 2 rings (SSSR count). The van der Waals surface area contributed by atoms with Crippen LogP contribution >= 0.6 is 11.3 Å². The van der Waals surface area contributed by atoms with Gasteiger partial charge in [0, 0.05) is 25.2 Å². The molecular weight excluding hydrogens is 256 g/mol. The fraction of sp³-hybridized carbons (Fsp3) is 0.636. The standard InChI is InChI=1S/C11H18N2O2S2/c1-9-8-17(14,15)5-3-13(9)11(6-12)10-2-4-16-7-10/h2,4,7,9,11H,3,5-6,8,12H2,1H3. The minimum Gasteiger partial charge on any atom is -0.329 e. The van der Waals surface area contributed by atoms with E-state index in [1.54, 1.807) is 11.3 Å². The molecule has 1 saturated heterocycles. The van der Waals surface area contributed by atoms with Crippen LogP contribution in [0.5, 0.6) is 0 Å². The van der Waals surface area contributed by atoms with Crippen molar-refractivity contribution >= 4 is 21.2 Å². The first-order valence-electron chi connectivity index (χ1n) is 5.72. The summed E-state index contributed by atoms with van der Waals surface area (Å²) in [7, 11) is -2.86. The van der Waals surface area contributed by atoms with E-state index >= 15 is 0 Å². The van der Waals surface area contributed by atoms with Gasteiger partial charge in [-0.15, -0.1) is 0 Å². The van der Waals surface area contributed by atoms with Gasteiger partial charge in [-0.1, -0.05) is 0 Å². The third-order valence-corrected chi connectivity index (χ3v) is 5.77. The normalized spacial score (nSPS) is 26.8. The highest BCUT2D eigenvalue weighted by Crippen LogP contribution is 2.26. The Labute approximate surface area is 106 Å². The summed E-state index contributed by atoms with van der Waals surface area (Å²) in [5.41, 5.74) is 7.04. The predicted molar refractivity (Wildman–Crippen MR) is 70.9 cm³/mol. The minimum atomic E-state index is -2.86. The van der Waals surface area contributed by atoms with E-state index < -0.39 is 9.84 Å². The third kappa shape index (κ3) is 2.88. The van der Waals surface area contributed by atoms with Gasteiger partial charge in [0.1, 0.15) is 0 Å². The van der Waals surface area contributed by atoms with Crippen LogP contribution < -0.4 is 5.73 Å². The summed E-state index contributed by atoms with van der Waals surface area (Å²) < 4.78 is 23.1. The van der Waals surface area contributed by atoms with Gasteiger partial charge in [0.25, 0.3) is 0 Å². The Bertz CT molecular complexity index is 456. The second-order valence-corrected chi connectivity index (χ2v) is 7.52. The van der Waals surface area contributed by atoms with E-state index in [2.05, 4.69) is 16.3 Å². The van der Waals surface area contributed by atoms with Gasteiger partial charge in [-0.2, -0.15) is 11.3 Å². The molecule has 96 valence electrons. The topological polar surface area (TPSA) is 63.4 Å². The molecule has 6 heteroatoms. The van der Waals surface area contributed by atoms with Crippen LogP contribution in [0.1, 0.15) is 18.5 Å². The van der Waals surface area contributed by atoms with Crippen molar-refractivity contribution in [3.63, 3.8) is 0 Å². The minimum absolute atomic E-state index is 0.0437. The smallest absolute Gasteiger partial charge is 0.153 e. The molecule has 1 aromatic heterocycles. The van der Waals surface area contributed by atoms with Crippen LogP contribution in [0, 0.1) is 0 Å². The van der Waals surface area contributed by atoms with Crippen LogP contribution in [0.2, 0.25) is 0 Å². The zero-order valence-corrected chi connectivity index (χ0v) is 11.5. The molecule has 4 nitrogen and oxygen atoms in total. The molecule has 2 atom stereocenters. The fourth-order valence-electron chi connectivity index (χ4n) is 2.40. The lowest BCUT2D eigenvalue weighted by molar-refractivity contribution is 0.162. The monoisotopic (exact) mass is 274 g/mol. The molecule has 2 unspecified atom stereocenters. The lowest BCUT2D eigenvalue weighted by atomic mass is 10.1. The molecule has 2 N–H and O–H groups in total. The highest BCUT2D eigenvalue weighted by atomic mass is 32.2. The SMILES string of the molecule is CC1CS(=O)(=O)CCN1C(CN)c1ccsc1. The largest absolute Gasteiger partial charge is 0.329 e. The van der Waals surface area contributed by atoms with Crippen LogP contribution in [0.25, 0.3) is 0 Å². The predicted octanol–water partition coefficient (Wildman–Crippen LogP) is 0.867. The molecule has 2 heterocycles. The van der Waals surface area contributed by atoms with E-state index in [-0.39, 0.29) is 23.6 Å². The van der Waals surface area contributed by atoms with Crippen molar-refractivity contribution < 1.29 is 8.42 Å². The van der Waals surface area contributed by atoms with Gasteiger partial charge in [0.05, 0.1) is 11.5 Å². The quantitative estimate of drug-likeness (QED) is 0.888. The zero-order chi connectivity index (χ0) is 12.5. The molecule has 0 spiro atoms. The third-order valence-electron chi connectivity index (χ3n) is 3.27. The van der Waals surface area contributed by atoms with Crippen LogP contribution in [0.4, 0.5) is 0 Å². The molecule has 1 aromatic rings. The summed E-state index contributed by atoms with van der Waals surface area (Å²) >= 11 is 1.65. The van der Waals surface area contributed by atoms with E-state index in [0.717, 1.165) is 0 Å². The Kier molecular flexibility index (Phi) is 3.87. The van der Waals surface area contributed by atoms with E-state index in [1.165, 1.54) is 5.56 Å². The molecule has 1 aliphatic heterocycles. The van der Waals surface area contributed by atoms with Crippen molar-refractivity contribution in [2.75, 3.05) is 24.6 Å². The van der Waals surface area contributed by atoms with Crippen LogP contribution in [0.3, 0.4) is 0 Å². The molecule has 1 aliphatic rings. The van der Waals surface area contributed by atoms with E-state index in [0.29, 0.717) is 13.1 Å². The number of nitrogens with two attached hydrogens (primary N) is 1. The van der Waals surface area contributed by atoms with Gasteiger partial charge in [-0.3, -0.25) is 4.90 Å². The van der Waals surface area contributed by atoms with Gasteiger partial charge < -0.3 is 5.73 Å². The first-order chi connectivity index (χ1) is 8.03. The van der Waals surface area contributed by atoms with Gasteiger partial charge in [0.2, 0.25) is 0 Å². The summed E-state index contributed by atoms with van der Waals surface area (Å²) in [5.74, 6) is 0.492. The van der Waals surface area contributed by atoms with E-state index in [9.17, 15) is 8.42 Å². The number of sulfone groups is 1. The highest BCUT2D eigenvalue weighted by molar-refractivity contribution is 7.91. The van der Waals surface area contributed by atoms with Crippen LogP contribution in [-0.4, -0.2) is 44.0 Å². The van der Waals surface area contributed by atoms with Gasteiger partial charge >= 0.3 is 0 Å². The number of hydrogen-bond acceptors (Lipinski definition) is 5. The van der Waals surface area contributed by atoms with Gasteiger partial charge in [-0.05, 0) is 29.3 Å². The summed E-state index contributed by atoms with van der Waals surface area (Å²) in [4.78, 5) is 2.21. The maximum atomic E-state index is 11.5. The molecule has 0 saturated carbocycles. The molecule has 1 fully saturated rings. The summed E-state index contributed by atoms with van der Waals surface area (Å²) in [5, 5.41) is 4.12. The first kappa shape index (κ1) is 13.0. The summed E-state index contributed by atoms with van der Waals surface area (Å²) in [6, 6.07) is 2.26. The van der Waals surface area contributed by atoms with Crippen molar-refractivity contribution in [3.05, 3.63) is 22.4 Å². The number of rotatable bonds is 3. The number of nitrogens with zero attached hydrogens (tertiary/aromatic N) is 1. The molecule has 0 aliphatic carbocycles. The fourth-order valence-corrected chi connectivity index (χ4v) is 4.69. The molecule has 0 radical (unpaired) electrons. The lowest BCUT2D eigenvalue weighted by Crippen LogP contribution is -2.49. The second-order valence-electron chi connectivity index (χ2n) is 4.51. The number of hydrogen-bond donors (Lipinski definition) is 1. The van der Waals surface area contributed by atoms with Crippen molar-refractivity contribution in [1.29, 1.82) is 0 Å². The zero-order valence-electron chi connectivity index (χ0n) is 9.87.